The number of hydrogen-bond donors (Lipinski definition) is 4. The summed E-state index contributed by atoms with van der Waals surface area (Å²) in [6, 6.07) is -2.30. The first kappa shape index (κ1) is 35.1. The van der Waals surface area contributed by atoms with Crippen molar-refractivity contribution >= 4 is 39.6 Å². The van der Waals surface area contributed by atoms with Gasteiger partial charge in [0.2, 0.25) is 27.6 Å². The van der Waals surface area contributed by atoms with E-state index in [4.69, 9.17) is 0 Å². The standard InChI is InChI=1S/C31H52N6O7S/c1-4-36(3)45(43,44)21-31(17-9-6-10-18-31)35-29(42)34-25(30(2)15-7-5-8-16-30)28(41)37-19-11-12-23(37)26(39)32-20-24(38)27(40)33-22-13-14-22/h22-23,25H,4-21H2,1-3H3,(H,32,39)(H,33,40)(H2,34,35,42)/t23-,25+/m0/s1. The summed E-state index contributed by atoms with van der Waals surface area (Å²) >= 11 is 0. The molecule has 45 heavy (non-hydrogen) atoms. The fourth-order valence-electron chi connectivity index (χ4n) is 7.11. The molecule has 0 radical (unpaired) electrons. The van der Waals surface area contributed by atoms with E-state index in [1.165, 1.54) is 16.3 Å². The molecule has 0 aromatic rings. The molecule has 4 aliphatic rings. The number of rotatable bonds is 13. The third-order valence-electron chi connectivity index (χ3n) is 10.2. The molecule has 4 fully saturated rings. The quantitative estimate of drug-likeness (QED) is 0.219. The molecular formula is C31H52N6O7S. The topological polar surface area (TPSA) is 174 Å². The van der Waals surface area contributed by atoms with Crippen molar-refractivity contribution in [3.63, 3.8) is 0 Å². The number of Topliss-reactive ketones (excluding diaryl/α,β-unsaturated/α-hetero) is 1. The first-order chi connectivity index (χ1) is 21.3. The average molecular weight is 653 g/mol. The summed E-state index contributed by atoms with van der Waals surface area (Å²) in [5.41, 5.74) is -1.50. The third-order valence-corrected chi connectivity index (χ3v) is 12.3. The summed E-state index contributed by atoms with van der Waals surface area (Å²) in [5.74, 6) is -2.53. The minimum Gasteiger partial charge on any atom is -0.347 e. The smallest absolute Gasteiger partial charge is 0.315 e. The van der Waals surface area contributed by atoms with Gasteiger partial charge in [0.05, 0.1) is 17.8 Å². The lowest BCUT2D eigenvalue weighted by Gasteiger charge is -2.43. The highest BCUT2D eigenvalue weighted by atomic mass is 32.2. The molecule has 3 aliphatic carbocycles. The average Bonchev–Trinajstić information content (AvgIpc) is 3.68. The largest absolute Gasteiger partial charge is 0.347 e. The number of carbonyl (C=O) groups is 5. The number of hydrogen-bond acceptors (Lipinski definition) is 7. The second kappa shape index (κ2) is 14.8. The van der Waals surface area contributed by atoms with Crippen molar-refractivity contribution < 1.29 is 32.4 Å². The van der Waals surface area contributed by atoms with Crippen LogP contribution >= 0.6 is 0 Å². The van der Waals surface area contributed by atoms with E-state index in [1.54, 1.807) is 6.92 Å². The number of urea groups is 1. The predicted octanol–water partition coefficient (Wildman–Crippen LogP) is 1.56. The maximum absolute atomic E-state index is 14.3. The third kappa shape index (κ3) is 8.96. The zero-order valence-electron chi connectivity index (χ0n) is 27.1. The van der Waals surface area contributed by atoms with E-state index < -0.39 is 63.2 Å². The van der Waals surface area contributed by atoms with Crippen LogP contribution in [0, 0.1) is 5.41 Å². The van der Waals surface area contributed by atoms with Crippen LogP contribution in [-0.2, 0) is 29.2 Å². The van der Waals surface area contributed by atoms with Crippen molar-refractivity contribution in [3.05, 3.63) is 0 Å². The highest BCUT2D eigenvalue weighted by Crippen LogP contribution is 2.40. The van der Waals surface area contributed by atoms with Crippen molar-refractivity contribution in [2.24, 2.45) is 5.41 Å². The second-order valence-corrected chi connectivity index (χ2v) is 15.9. The molecule has 1 saturated heterocycles. The van der Waals surface area contributed by atoms with Gasteiger partial charge in [0.1, 0.15) is 12.1 Å². The first-order valence-electron chi connectivity index (χ1n) is 16.7. The molecular weight excluding hydrogens is 600 g/mol. The van der Waals surface area contributed by atoms with E-state index in [0.717, 1.165) is 64.2 Å². The number of nitrogens with one attached hydrogen (secondary N) is 4. The molecule has 254 valence electrons. The lowest BCUT2D eigenvalue weighted by molar-refractivity contribution is -0.143. The van der Waals surface area contributed by atoms with Gasteiger partial charge in [0.15, 0.2) is 0 Å². The number of likely N-dealkylation sites (tertiary alicyclic amines) is 1. The predicted molar refractivity (Wildman–Crippen MR) is 168 cm³/mol. The monoisotopic (exact) mass is 652 g/mol. The molecule has 4 rings (SSSR count). The maximum atomic E-state index is 14.3. The molecule has 1 aliphatic heterocycles. The van der Waals surface area contributed by atoms with Crippen molar-refractivity contribution in [1.29, 1.82) is 0 Å². The zero-order chi connectivity index (χ0) is 32.8. The van der Waals surface area contributed by atoms with Crippen LogP contribution in [-0.4, -0.2) is 103 Å². The molecule has 0 aromatic heterocycles. The summed E-state index contributed by atoms with van der Waals surface area (Å²) in [7, 11) is -2.09. The Balaban J connectivity index is 1.48. The van der Waals surface area contributed by atoms with E-state index in [0.29, 0.717) is 38.8 Å². The van der Waals surface area contributed by atoms with Gasteiger partial charge in [0.25, 0.3) is 5.91 Å². The van der Waals surface area contributed by atoms with Crippen molar-refractivity contribution in [1.82, 2.24) is 30.5 Å². The van der Waals surface area contributed by atoms with Gasteiger partial charge in [-0.3, -0.25) is 19.2 Å². The number of carbonyl (C=O) groups excluding carboxylic acids is 5. The molecule has 5 amide bonds. The lowest BCUT2D eigenvalue weighted by atomic mass is 9.70. The molecule has 0 unspecified atom stereocenters. The Morgan fingerprint density at radius 1 is 0.911 bits per heavy atom. The van der Waals surface area contributed by atoms with Crippen molar-refractivity contribution in [2.45, 2.75) is 127 Å². The van der Waals surface area contributed by atoms with Crippen LogP contribution < -0.4 is 21.3 Å². The Kier molecular flexibility index (Phi) is 11.5. The van der Waals surface area contributed by atoms with Crippen molar-refractivity contribution in [3.8, 4) is 0 Å². The van der Waals surface area contributed by atoms with Gasteiger partial charge in [-0.2, -0.15) is 0 Å². The highest BCUT2D eigenvalue weighted by molar-refractivity contribution is 7.89. The first-order valence-corrected chi connectivity index (χ1v) is 18.3. The molecule has 0 aromatic carbocycles. The number of nitrogens with zero attached hydrogens (tertiary/aromatic N) is 2. The highest BCUT2D eigenvalue weighted by Gasteiger charge is 2.47. The second-order valence-electron chi connectivity index (χ2n) is 13.8. The SMILES string of the molecule is CCN(C)S(=O)(=O)CC1(NC(=O)N[C@H](C(=O)N2CCC[C@H]2C(=O)NCC(=O)C(=O)NC2CC2)C2(C)CCCCC2)CCCCC1. The van der Waals surface area contributed by atoms with Crippen LogP contribution in [0.4, 0.5) is 4.79 Å². The molecule has 0 bridgehead atoms. The van der Waals surface area contributed by atoms with Gasteiger partial charge in [-0.25, -0.2) is 17.5 Å². The Labute approximate surface area is 267 Å². The van der Waals surface area contributed by atoms with Gasteiger partial charge >= 0.3 is 6.03 Å². The molecule has 14 heteroatoms. The Morgan fingerprint density at radius 2 is 1.53 bits per heavy atom. The van der Waals surface area contributed by atoms with Gasteiger partial charge in [-0.1, -0.05) is 52.4 Å². The minimum atomic E-state index is -3.62. The van der Waals surface area contributed by atoms with Crippen LogP contribution in [0.15, 0.2) is 0 Å². The summed E-state index contributed by atoms with van der Waals surface area (Å²) in [6.07, 6.45) is 10.6. The van der Waals surface area contributed by atoms with Crippen LogP contribution in [0.25, 0.3) is 0 Å². The summed E-state index contributed by atoms with van der Waals surface area (Å²) in [5, 5.41) is 11.1. The molecule has 3 saturated carbocycles. The van der Waals surface area contributed by atoms with E-state index in [9.17, 15) is 32.4 Å². The zero-order valence-corrected chi connectivity index (χ0v) is 27.9. The van der Waals surface area contributed by atoms with Gasteiger partial charge in [-0.05, 0) is 56.8 Å². The summed E-state index contributed by atoms with van der Waals surface area (Å²) in [6.45, 7) is 3.96. The minimum absolute atomic E-state index is 0.0259. The van der Waals surface area contributed by atoms with E-state index in [2.05, 4.69) is 21.3 Å². The molecule has 0 spiro atoms. The van der Waals surface area contributed by atoms with Crippen LogP contribution in [0.3, 0.4) is 0 Å². The van der Waals surface area contributed by atoms with Gasteiger partial charge < -0.3 is 26.2 Å². The number of amides is 5. The number of sulfonamides is 1. The molecule has 1 heterocycles. The normalized spacial score (nSPS) is 23.6. The lowest BCUT2D eigenvalue weighted by Crippen LogP contribution is -2.64. The fraction of sp³-hybridized carbons (Fsp3) is 0.839. The van der Waals surface area contributed by atoms with Crippen molar-refractivity contribution in [2.75, 3.05) is 32.4 Å². The fourth-order valence-corrected chi connectivity index (χ4v) is 8.78. The van der Waals surface area contributed by atoms with Crippen LogP contribution in [0.1, 0.15) is 104 Å². The van der Waals surface area contributed by atoms with Crippen LogP contribution in [0.5, 0.6) is 0 Å². The Morgan fingerprint density at radius 3 is 2.13 bits per heavy atom. The summed E-state index contributed by atoms with van der Waals surface area (Å²) < 4.78 is 27.5. The van der Waals surface area contributed by atoms with Gasteiger partial charge in [0, 0.05) is 26.2 Å². The molecule has 2 atom stereocenters. The van der Waals surface area contributed by atoms with E-state index in [1.807, 2.05) is 6.92 Å². The summed E-state index contributed by atoms with van der Waals surface area (Å²) in [4.78, 5) is 67.0. The van der Waals surface area contributed by atoms with Gasteiger partial charge in [-0.15, -0.1) is 0 Å². The molecule has 13 nitrogen and oxygen atoms in total. The Hall–Kier alpha value is -2.74. The Bertz CT molecular complexity index is 1220. The van der Waals surface area contributed by atoms with E-state index in [-0.39, 0.29) is 17.7 Å². The van der Waals surface area contributed by atoms with E-state index >= 15 is 0 Å². The number of ketones is 1. The molecule has 4 N–H and O–H groups in total. The van der Waals surface area contributed by atoms with Crippen LogP contribution in [0.2, 0.25) is 0 Å². The maximum Gasteiger partial charge on any atom is 0.315 e.